The Morgan fingerprint density at radius 1 is 1.06 bits per heavy atom. The number of hydrogen-bond acceptors (Lipinski definition) is 10. The number of rotatable bonds is 6. The van der Waals surface area contributed by atoms with Gasteiger partial charge in [0.05, 0.1) is 55.7 Å². The van der Waals surface area contributed by atoms with Crippen LogP contribution in [0.3, 0.4) is 0 Å². The fraction of sp³-hybridized carbons (Fsp3) is 0.654. The van der Waals surface area contributed by atoms with Crippen LogP contribution in [0.2, 0.25) is 0 Å². The van der Waals surface area contributed by atoms with Crippen molar-refractivity contribution in [2.75, 3.05) is 26.3 Å². The predicted molar refractivity (Wildman–Crippen MR) is 123 cm³/mol. The summed E-state index contributed by atoms with van der Waals surface area (Å²) in [5.74, 6) is -5.46. The van der Waals surface area contributed by atoms with Gasteiger partial charge in [0.2, 0.25) is 0 Å². The van der Waals surface area contributed by atoms with Crippen molar-refractivity contribution in [2.24, 2.45) is 22.7 Å². The van der Waals surface area contributed by atoms with Gasteiger partial charge in [0.25, 0.3) is 0 Å². The normalized spacial score (nSPS) is 34.3. The second-order valence-electron chi connectivity index (χ2n) is 10.2. The molecule has 2 saturated carbocycles. The lowest BCUT2D eigenvalue weighted by molar-refractivity contribution is -0.184. The molecule has 0 radical (unpaired) electrons. The lowest BCUT2D eigenvalue weighted by Gasteiger charge is -2.54. The Hall–Kier alpha value is -3.21. The van der Waals surface area contributed by atoms with E-state index in [1.54, 1.807) is 33.8 Å². The molecule has 0 aromatic carbocycles. The van der Waals surface area contributed by atoms with Gasteiger partial charge >= 0.3 is 11.9 Å². The maximum Gasteiger partial charge on any atom is 0.328 e. The highest BCUT2D eigenvalue weighted by Crippen LogP contribution is 2.67. The van der Waals surface area contributed by atoms with Gasteiger partial charge in [-0.3, -0.25) is 19.3 Å². The number of ether oxygens (including phenoxy) is 3. The Bertz CT molecular complexity index is 1100. The third-order valence-corrected chi connectivity index (χ3v) is 7.53. The van der Waals surface area contributed by atoms with Crippen molar-refractivity contribution >= 4 is 17.7 Å². The minimum Gasteiger partial charge on any atom is -0.469 e. The largest absolute Gasteiger partial charge is 0.469 e. The molecule has 0 amide bonds. The van der Waals surface area contributed by atoms with E-state index in [-0.39, 0.29) is 18.0 Å². The van der Waals surface area contributed by atoms with Crippen LogP contribution >= 0.6 is 0 Å². The SMILES string of the molecule is CC(C)OC(=O)C1(C#N)C2CC(=O)C(C2N2CCOCC2)C(C#N)(C(=O)OC(C)C)C1c1ccco1. The van der Waals surface area contributed by atoms with E-state index in [0.717, 1.165) is 0 Å². The third kappa shape index (κ3) is 3.71. The zero-order chi connectivity index (χ0) is 26.3. The van der Waals surface area contributed by atoms with Gasteiger partial charge in [-0.05, 0) is 39.8 Å². The van der Waals surface area contributed by atoms with Crippen LogP contribution in [0.1, 0.15) is 45.8 Å². The first kappa shape index (κ1) is 25.9. The summed E-state index contributed by atoms with van der Waals surface area (Å²) in [4.78, 5) is 43.6. The van der Waals surface area contributed by atoms with Crippen molar-refractivity contribution in [3.63, 3.8) is 0 Å². The topological polar surface area (TPSA) is 143 Å². The van der Waals surface area contributed by atoms with Crippen LogP contribution in [0.25, 0.3) is 0 Å². The number of esters is 2. The first-order valence-electron chi connectivity index (χ1n) is 12.3. The van der Waals surface area contributed by atoms with Gasteiger partial charge in [0, 0.05) is 31.5 Å². The zero-order valence-electron chi connectivity index (χ0n) is 20.9. The Labute approximate surface area is 210 Å². The van der Waals surface area contributed by atoms with E-state index in [1.807, 2.05) is 4.90 Å². The smallest absolute Gasteiger partial charge is 0.328 e. The number of carbonyl (C=O) groups is 3. The van der Waals surface area contributed by atoms with Gasteiger partial charge in [0.1, 0.15) is 11.5 Å². The number of nitriles is 2. The lowest BCUT2D eigenvalue weighted by atomic mass is 9.47. The minimum absolute atomic E-state index is 0.0876. The van der Waals surface area contributed by atoms with E-state index in [9.17, 15) is 24.9 Å². The van der Waals surface area contributed by atoms with Crippen LogP contribution in [0.5, 0.6) is 0 Å². The number of carbonyl (C=O) groups excluding carboxylic acids is 3. The van der Waals surface area contributed by atoms with E-state index < -0.39 is 58.8 Å². The molecule has 192 valence electrons. The monoisotopic (exact) mass is 497 g/mol. The highest BCUT2D eigenvalue weighted by atomic mass is 16.5. The molecule has 2 aliphatic carbocycles. The standard InChI is InChI=1S/C26H31N3O7/c1-15(2)35-23(31)25(13-27)17-12-18(30)20(21(17)29-7-10-33-11-8-29)26(14-28,24(32)36-16(3)4)22(25)19-6-5-9-34-19/h5-6,9,15-17,20-22H,7-8,10-12H2,1-4H3. The average molecular weight is 498 g/mol. The van der Waals surface area contributed by atoms with Crippen molar-refractivity contribution < 1.29 is 33.0 Å². The summed E-state index contributed by atoms with van der Waals surface area (Å²) in [5.41, 5.74) is -4.25. The van der Waals surface area contributed by atoms with E-state index in [4.69, 9.17) is 18.6 Å². The molecule has 2 heterocycles. The molecule has 10 nitrogen and oxygen atoms in total. The maximum atomic E-state index is 13.9. The van der Waals surface area contributed by atoms with Gasteiger partial charge in [-0.2, -0.15) is 10.5 Å². The molecule has 1 saturated heterocycles. The fourth-order valence-electron chi connectivity index (χ4n) is 6.35. The van der Waals surface area contributed by atoms with Crippen LogP contribution in [0.15, 0.2) is 22.8 Å². The third-order valence-electron chi connectivity index (χ3n) is 7.53. The first-order chi connectivity index (χ1) is 17.1. The van der Waals surface area contributed by atoms with Gasteiger partial charge in [-0.1, -0.05) is 0 Å². The summed E-state index contributed by atoms with van der Waals surface area (Å²) in [6, 6.07) is 6.63. The molecule has 6 unspecified atom stereocenters. The summed E-state index contributed by atoms with van der Waals surface area (Å²) in [5, 5.41) is 21.6. The minimum atomic E-state index is -2.19. The van der Waals surface area contributed by atoms with Crippen molar-refractivity contribution in [3.05, 3.63) is 24.2 Å². The van der Waals surface area contributed by atoms with Crippen molar-refractivity contribution in [3.8, 4) is 12.1 Å². The van der Waals surface area contributed by atoms with E-state index in [1.165, 1.54) is 12.3 Å². The highest BCUT2D eigenvalue weighted by molar-refractivity contribution is 5.99. The molecule has 1 aliphatic heterocycles. The number of ketones is 1. The molecule has 3 aliphatic rings. The van der Waals surface area contributed by atoms with Crippen LogP contribution in [0, 0.1) is 45.3 Å². The molecule has 10 heteroatoms. The second kappa shape index (κ2) is 9.68. The highest BCUT2D eigenvalue weighted by Gasteiger charge is 2.79. The molecule has 1 aromatic heterocycles. The molecule has 1 aromatic rings. The molecule has 2 bridgehead atoms. The average Bonchev–Trinajstić information content (AvgIpc) is 3.46. The quantitative estimate of drug-likeness (QED) is 0.537. The van der Waals surface area contributed by atoms with E-state index in [0.29, 0.717) is 26.3 Å². The Balaban J connectivity index is 2.06. The van der Waals surface area contributed by atoms with E-state index >= 15 is 0 Å². The molecular formula is C26H31N3O7. The van der Waals surface area contributed by atoms with Crippen LogP contribution in [0.4, 0.5) is 0 Å². The van der Waals surface area contributed by atoms with Gasteiger partial charge in [-0.15, -0.1) is 0 Å². The molecule has 0 spiro atoms. The van der Waals surface area contributed by atoms with Crippen molar-refractivity contribution in [1.29, 1.82) is 10.5 Å². The lowest BCUT2D eigenvalue weighted by Crippen LogP contribution is -2.67. The fourth-order valence-corrected chi connectivity index (χ4v) is 6.35. The van der Waals surface area contributed by atoms with Gasteiger partial charge in [-0.25, -0.2) is 0 Å². The summed E-state index contributed by atoms with van der Waals surface area (Å²) in [6.07, 6.45) is 0.0213. The number of fused-ring (bicyclic) bond motifs is 2. The summed E-state index contributed by atoms with van der Waals surface area (Å²) >= 11 is 0. The molecule has 6 atom stereocenters. The predicted octanol–water partition coefficient (Wildman–Crippen LogP) is 2.21. The van der Waals surface area contributed by atoms with Gasteiger partial charge < -0.3 is 18.6 Å². The maximum absolute atomic E-state index is 13.9. The number of Topliss-reactive ketones (excluding diaryl/α,β-unsaturated/α-hetero) is 1. The molecular weight excluding hydrogens is 466 g/mol. The number of morpholine rings is 1. The Morgan fingerprint density at radius 2 is 1.64 bits per heavy atom. The zero-order valence-corrected chi connectivity index (χ0v) is 20.9. The van der Waals surface area contributed by atoms with Crippen LogP contribution in [-0.2, 0) is 28.6 Å². The number of furan rings is 1. The Kier molecular flexibility index (Phi) is 6.96. The summed E-state index contributed by atoms with van der Waals surface area (Å²) < 4.78 is 22.4. The molecule has 4 rings (SSSR count). The summed E-state index contributed by atoms with van der Waals surface area (Å²) in [7, 11) is 0. The molecule has 3 fully saturated rings. The van der Waals surface area contributed by atoms with Gasteiger partial charge in [0.15, 0.2) is 10.8 Å². The van der Waals surface area contributed by atoms with Crippen LogP contribution < -0.4 is 0 Å². The number of nitrogens with zero attached hydrogens (tertiary/aromatic N) is 3. The second-order valence-corrected chi connectivity index (χ2v) is 10.2. The Morgan fingerprint density at radius 3 is 2.14 bits per heavy atom. The van der Waals surface area contributed by atoms with Crippen molar-refractivity contribution in [1.82, 2.24) is 4.90 Å². The molecule has 36 heavy (non-hydrogen) atoms. The molecule has 0 N–H and O–H groups in total. The van der Waals surface area contributed by atoms with Crippen molar-refractivity contribution in [2.45, 2.75) is 58.3 Å². The number of hydrogen-bond donors (Lipinski definition) is 0. The summed E-state index contributed by atoms with van der Waals surface area (Å²) in [6.45, 7) is 8.21. The van der Waals surface area contributed by atoms with E-state index in [2.05, 4.69) is 12.1 Å². The van der Waals surface area contributed by atoms with Crippen LogP contribution in [-0.4, -0.2) is 67.2 Å². The first-order valence-corrected chi connectivity index (χ1v) is 12.3.